The first kappa shape index (κ1) is 33.6. The van der Waals surface area contributed by atoms with Crippen molar-refractivity contribution < 1.29 is 4.42 Å². The quantitative estimate of drug-likeness (QED) is 0.151. The number of hydrogen-bond donors (Lipinski definition) is 0. The Hall–Kier alpha value is -7.68. The minimum atomic E-state index is 0.903. The number of rotatable bonds is 7. The molecule has 0 N–H and O–H groups in total. The molecule has 11 aromatic rings. The molecule has 10 aromatic carbocycles. The normalized spacial score (nSPS) is 11.4. The molecular formula is C56H37NO. The fourth-order valence-electron chi connectivity index (χ4n) is 8.58. The first-order chi connectivity index (χ1) is 28.7. The summed E-state index contributed by atoms with van der Waals surface area (Å²) in [5.74, 6) is 0. The van der Waals surface area contributed by atoms with E-state index in [1.54, 1.807) is 0 Å². The van der Waals surface area contributed by atoms with Gasteiger partial charge in [-0.2, -0.15) is 0 Å². The summed E-state index contributed by atoms with van der Waals surface area (Å²) in [5, 5.41) is 7.31. The van der Waals surface area contributed by atoms with Crippen molar-refractivity contribution in [2.45, 2.75) is 0 Å². The summed E-state index contributed by atoms with van der Waals surface area (Å²) in [6, 6.07) is 80.7. The highest BCUT2D eigenvalue weighted by Crippen LogP contribution is 2.44. The van der Waals surface area contributed by atoms with Crippen LogP contribution in [-0.4, -0.2) is 0 Å². The third-order valence-electron chi connectivity index (χ3n) is 11.5. The van der Waals surface area contributed by atoms with Crippen LogP contribution in [0.5, 0.6) is 0 Å². The summed E-state index contributed by atoms with van der Waals surface area (Å²) >= 11 is 0. The molecule has 0 saturated heterocycles. The van der Waals surface area contributed by atoms with Crippen molar-refractivity contribution in [2.24, 2.45) is 0 Å². The standard InChI is InChI=1S/C56H37NO/c1-3-12-38(13-4-1)39-24-30-46(31-25-39)57(47-32-26-42(27-33-47)50-19-11-20-52-51-18-9-10-21-55(51)58-56(50)52)54-35-29-44(37-53(54)40-14-5-2-6-15-40)43-28-34-49-45(36-43)23-22-41-16-7-8-17-48(41)49/h1-37H. The summed E-state index contributed by atoms with van der Waals surface area (Å²) in [7, 11) is 0. The van der Waals surface area contributed by atoms with Crippen LogP contribution >= 0.6 is 0 Å². The van der Waals surface area contributed by atoms with Gasteiger partial charge in [0.1, 0.15) is 11.2 Å². The van der Waals surface area contributed by atoms with E-state index in [1.807, 2.05) is 12.1 Å². The molecular weight excluding hydrogens is 703 g/mol. The third-order valence-corrected chi connectivity index (χ3v) is 11.5. The van der Waals surface area contributed by atoms with Crippen LogP contribution in [0.2, 0.25) is 0 Å². The second-order valence-electron chi connectivity index (χ2n) is 14.9. The van der Waals surface area contributed by atoms with Crippen LogP contribution in [-0.2, 0) is 0 Å². The van der Waals surface area contributed by atoms with Crippen LogP contribution in [0.4, 0.5) is 17.1 Å². The maximum atomic E-state index is 6.45. The lowest BCUT2D eigenvalue weighted by molar-refractivity contribution is 0.670. The number of hydrogen-bond acceptors (Lipinski definition) is 2. The molecule has 0 aliphatic rings. The smallest absolute Gasteiger partial charge is 0.143 e. The summed E-state index contributed by atoms with van der Waals surface area (Å²) in [4.78, 5) is 2.39. The van der Waals surface area contributed by atoms with E-state index in [4.69, 9.17) is 4.42 Å². The summed E-state index contributed by atoms with van der Waals surface area (Å²) < 4.78 is 6.45. The van der Waals surface area contributed by atoms with E-state index in [0.717, 1.165) is 61.3 Å². The van der Waals surface area contributed by atoms with Gasteiger partial charge in [-0.3, -0.25) is 0 Å². The topological polar surface area (TPSA) is 16.4 Å². The Balaban J connectivity index is 1.06. The lowest BCUT2D eigenvalue weighted by Gasteiger charge is -2.29. The van der Waals surface area contributed by atoms with E-state index in [9.17, 15) is 0 Å². The van der Waals surface area contributed by atoms with Crippen molar-refractivity contribution in [3.05, 3.63) is 224 Å². The number of nitrogens with zero attached hydrogens (tertiary/aromatic N) is 1. The SMILES string of the molecule is c1ccc(-c2ccc(N(c3ccc(-c4cccc5c4oc4ccccc45)cc3)c3ccc(-c4ccc5c(ccc6ccccc65)c4)cc3-c3ccccc3)cc2)cc1. The third kappa shape index (κ3) is 5.91. The van der Waals surface area contributed by atoms with Crippen molar-refractivity contribution in [2.75, 3.05) is 4.90 Å². The van der Waals surface area contributed by atoms with Gasteiger partial charge in [-0.15, -0.1) is 0 Å². The zero-order chi connectivity index (χ0) is 38.4. The Morgan fingerprint density at radius 1 is 0.293 bits per heavy atom. The number of fused-ring (bicyclic) bond motifs is 6. The van der Waals surface area contributed by atoms with Gasteiger partial charge in [0.2, 0.25) is 0 Å². The molecule has 0 spiro atoms. The van der Waals surface area contributed by atoms with Crippen LogP contribution < -0.4 is 4.90 Å². The highest BCUT2D eigenvalue weighted by molar-refractivity contribution is 6.10. The Kier molecular flexibility index (Phi) is 8.19. The predicted octanol–water partition coefficient (Wildman–Crippen LogP) is 16.0. The minimum Gasteiger partial charge on any atom is -0.455 e. The van der Waals surface area contributed by atoms with E-state index in [2.05, 4.69) is 217 Å². The maximum Gasteiger partial charge on any atom is 0.143 e. The van der Waals surface area contributed by atoms with Crippen molar-refractivity contribution in [3.8, 4) is 44.5 Å². The van der Waals surface area contributed by atoms with E-state index in [0.29, 0.717) is 0 Å². The van der Waals surface area contributed by atoms with Gasteiger partial charge >= 0.3 is 0 Å². The first-order valence-electron chi connectivity index (χ1n) is 19.8. The molecule has 2 nitrogen and oxygen atoms in total. The molecule has 11 rings (SSSR count). The van der Waals surface area contributed by atoms with Crippen LogP contribution in [0.3, 0.4) is 0 Å². The van der Waals surface area contributed by atoms with Crippen molar-refractivity contribution in [1.29, 1.82) is 0 Å². The summed E-state index contributed by atoms with van der Waals surface area (Å²) in [6.45, 7) is 0. The van der Waals surface area contributed by atoms with Crippen LogP contribution in [0.25, 0.3) is 88.0 Å². The predicted molar refractivity (Wildman–Crippen MR) is 245 cm³/mol. The first-order valence-corrected chi connectivity index (χ1v) is 19.8. The molecule has 2 heteroatoms. The Bertz CT molecular complexity index is 3250. The largest absolute Gasteiger partial charge is 0.455 e. The number of benzene rings is 10. The second-order valence-corrected chi connectivity index (χ2v) is 14.9. The zero-order valence-electron chi connectivity index (χ0n) is 31.7. The van der Waals surface area contributed by atoms with Crippen molar-refractivity contribution >= 4 is 60.5 Å². The molecule has 0 unspecified atom stereocenters. The van der Waals surface area contributed by atoms with Crippen LogP contribution in [0.15, 0.2) is 229 Å². The zero-order valence-corrected chi connectivity index (χ0v) is 31.7. The van der Waals surface area contributed by atoms with Gasteiger partial charge in [0.15, 0.2) is 0 Å². The van der Waals surface area contributed by atoms with E-state index < -0.39 is 0 Å². The van der Waals surface area contributed by atoms with Crippen molar-refractivity contribution in [3.63, 3.8) is 0 Å². The molecule has 0 atom stereocenters. The average molecular weight is 740 g/mol. The molecule has 0 aliphatic heterocycles. The Morgan fingerprint density at radius 2 is 0.828 bits per heavy atom. The molecule has 58 heavy (non-hydrogen) atoms. The van der Waals surface area contributed by atoms with Gasteiger partial charge in [-0.05, 0) is 103 Å². The monoisotopic (exact) mass is 739 g/mol. The minimum absolute atomic E-state index is 0.903. The van der Waals surface area contributed by atoms with E-state index in [1.165, 1.54) is 43.8 Å². The molecule has 0 radical (unpaired) electrons. The molecule has 1 heterocycles. The molecule has 0 aliphatic carbocycles. The Morgan fingerprint density at radius 3 is 1.60 bits per heavy atom. The summed E-state index contributed by atoms with van der Waals surface area (Å²) in [6.07, 6.45) is 0. The van der Waals surface area contributed by atoms with Crippen LogP contribution in [0.1, 0.15) is 0 Å². The molecule has 272 valence electrons. The van der Waals surface area contributed by atoms with Gasteiger partial charge < -0.3 is 9.32 Å². The van der Waals surface area contributed by atoms with Gasteiger partial charge in [0.05, 0.1) is 5.69 Å². The fourth-order valence-corrected chi connectivity index (χ4v) is 8.58. The van der Waals surface area contributed by atoms with Gasteiger partial charge in [0, 0.05) is 33.3 Å². The van der Waals surface area contributed by atoms with Gasteiger partial charge in [0.25, 0.3) is 0 Å². The lowest BCUT2D eigenvalue weighted by Crippen LogP contribution is -2.11. The highest BCUT2D eigenvalue weighted by atomic mass is 16.3. The number of furan rings is 1. The molecule has 0 amide bonds. The van der Waals surface area contributed by atoms with Crippen molar-refractivity contribution in [1.82, 2.24) is 0 Å². The second kappa shape index (κ2) is 14.1. The van der Waals surface area contributed by atoms with E-state index in [-0.39, 0.29) is 0 Å². The van der Waals surface area contributed by atoms with Crippen LogP contribution in [0, 0.1) is 0 Å². The molecule has 0 bridgehead atoms. The van der Waals surface area contributed by atoms with Gasteiger partial charge in [-0.25, -0.2) is 0 Å². The number of para-hydroxylation sites is 2. The lowest BCUT2D eigenvalue weighted by atomic mass is 9.94. The maximum absolute atomic E-state index is 6.45. The molecule has 1 aromatic heterocycles. The highest BCUT2D eigenvalue weighted by Gasteiger charge is 2.20. The molecule has 0 saturated carbocycles. The summed E-state index contributed by atoms with van der Waals surface area (Å²) in [5.41, 5.74) is 14.3. The fraction of sp³-hybridized carbons (Fsp3) is 0. The van der Waals surface area contributed by atoms with Gasteiger partial charge in [-0.1, -0.05) is 176 Å². The number of anilines is 3. The molecule has 0 fully saturated rings. The average Bonchev–Trinajstić information content (AvgIpc) is 3.69. The van der Waals surface area contributed by atoms with E-state index >= 15 is 0 Å². The Labute approximate surface area is 337 Å².